The molecule has 1 aromatic rings. The van der Waals surface area contributed by atoms with Crippen molar-refractivity contribution >= 4 is 0 Å². The number of aryl methyl sites for hydroxylation is 1. The average molecular weight is 207 g/mol. The highest BCUT2D eigenvalue weighted by Gasteiger charge is 2.13. The molecule has 0 amide bonds. The van der Waals surface area contributed by atoms with E-state index in [9.17, 15) is 0 Å². The Morgan fingerprint density at radius 3 is 2.73 bits per heavy atom. The van der Waals surface area contributed by atoms with Crippen LogP contribution >= 0.6 is 0 Å². The summed E-state index contributed by atoms with van der Waals surface area (Å²) in [6.07, 6.45) is 2.09. The first-order valence-electron chi connectivity index (χ1n) is 5.57. The van der Waals surface area contributed by atoms with Gasteiger partial charge in [0.15, 0.2) is 0 Å². The van der Waals surface area contributed by atoms with E-state index in [0.717, 1.165) is 30.9 Å². The van der Waals surface area contributed by atoms with E-state index in [-0.39, 0.29) is 0 Å². The first kappa shape index (κ1) is 12.1. The largest absolute Gasteiger partial charge is 0.465 e. The van der Waals surface area contributed by atoms with Crippen molar-refractivity contribution in [2.75, 3.05) is 6.54 Å². The quantitative estimate of drug-likeness (QED) is 0.721. The van der Waals surface area contributed by atoms with Crippen molar-refractivity contribution in [2.24, 2.45) is 0 Å². The van der Waals surface area contributed by atoms with Crippen molar-refractivity contribution in [3.63, 3.8) is 0 Å². The van der Waals surface area contributed by atoms with Crippen molar-refractivity contribution in [2.45, 2.75) is 39.7 Å². The van der Waals surface area contributed by atoms with Crippen molar-refractivity contribution < 1.29 is 4.42 Å². The fraction of sp³-hybridized carbons (Fsp3) is 0.538. The van der Waals surface area contributed by atoms with Gasteiger partial charge in [0.1, 0.15) is 11.5 Å². The van der Waals surface area contributed by atoms with Gasteiger partial charge in [-0.3, -0.25) is 0 Å². The molecule has 1 unspecified atom stereocenters. The molecule has 1 aromatic heterocycles. The molecule has 2 heteroatoms. The van der Waals surface area contributed by atoms with E-state index in [4.69, 9.17) is 4.42 Å². The first-order valence-corrected chi connectivity index (χ1v) is 5.57. The Kier molecular flexibility index (Phi) is 4.63. The summed E-state index contributed by atoms with van der Waals surface area (Å²) >= 11 is 0. The van der Waals surface area contributed by atoms with Gasteiger partial charge in [0, 0.05) is 0 Å². The molecule has 1 N–H and O–H groups in total. The predicted molar refractivity (Wildman–Crippen MR) is 63.9 cm³/mol. The van der Waals surface area contributed by atoms with Gasteiger partial charge in [-0.2, -0.15) is 0 Å². The number of hydrogen-bond donors (Lipinski definition) is 1. The number of hydrogen-bond acceptors (Lipinski definition) is 2. The molecule has 84 valence electrons. The van der Waals surface area contributed by atoms with Crippen molar-refractivity contribution in [1.82, 2.24) is 5.32 Å². The molecule has 0 saturated carbocycles. The zero-order valence-electron chi connectivity index (χ0n) is 9.97. The standard InChI is InChI=1S/C13H21NO/c1-5-14-12(8-6-10(2)3)13-9-7-11(4)15-13/h7,9,12,14H,2,5-6,8H2,1,3-4H3. The zero-order valence-corrected chi connectivity index (χ0v) is 9.97. The van der Waals surface area contributed by atoms with Gasteiger partial charge in [0.2, 0.25) is 0 Å². The van der Waals surface area contributed by atoms with Crippen LogP contribution in [0.3, 0.4) is 0 Å². The Hall–Kier alpha value is -1.02. The maximum absolute atomic E-state index is 5.64. The van der Waals surface area contributed by atoms with E-state index in [1.807, 2.05) is 13.0 Å². The molecular formula is C13H21NO. The number of rotatable bonds is 6. The van der Waals surface area contributed by atoms with Crippen LogP contribution in [0, 0.1) is 6.92 Å². The van der Waals surface area contributed by atoms with E-state index in [1.165, 1.54) is 5.57 Å². The minimum absolute atomic E-state index is 0.320. The summed E-state index contributed by atoms with van der Waals surface area (Å²) in [7, 11) is 0. The molecule has 1 atom stereocenters. The third-order valence-corrected chi connectivity index (χ3v) is 2.41. The van der Waals surface area contributed by atoms with E-state index >= 15 is 0 Å². The van der Waals surface area contributed by atoms with Gasteiger partial charge in [0.05, 0.1) is 6.04 Å². The minimum atomic E-state index is 0.320. The molecule has 0 aliphatic carbocycles. The predicted octanol–water partition coefficient (Wildman–Crippen LogP) is 3.59. The highest BCUT2D eigenvalue weighted by molar-refractivity contribution is 5.10. The highest BCUT2D eigenvalue weighted by atomic mass is 16.3. The summed E-state index contributed by atoms with van der Waals surface area (Å²) in [4.78, 5) is 0. The molecule has 0 radical (unpaired) electrons. The monoisotopic (exact) mass is 207 g/mol. The summed E-state index contributed by atoms with van der Waals surface area (Å²) in [6.45, 7) is 11.0. The molecule has 0 saturated heterocycles. The SMILES string of the molecule is C=C(C)CCC(NCC)c1ccc(C)o1. The second-order valence-electron chi connectivity index (χ2n) is 4.05. The van der Waals surface area contributed by atoms with Crippen LogP contribution in [0.5, 0.6) is 0 Å². The van der Waals surface area contributed by atoms with Crippen LogP contribution in [0.25, 0.3) is 0 Å². The molecule has 1 rings (SSSR count). The first-order chi connectivity index (χ1) is 7.13. The summed E-state index contributed by atoms with van der Waals surface area (Å²) in [6, 6.07) is 4.39. The molecule has 0 spiro atoms. The Morgan fingerprint density at radius 2 is 2.27 bits per heavy atom. The summed E-state index contributed by atoms with van der Waals surface area (Å²) in [5.41, 5.74) is 1.22. The lowest BCUT2D eigenvalue weighted by Crippen LogP contribution is -2.20. The van der Waals surface area contributed by atoms with Crippen LogP contribution in [-0.2, 0) is 0 Å². The molecular weight excluding hydrogens is 186 g/mol. The lowest BCUT2D eigenvalue weighted by Gasteiger charge is -2.15. The Labute approximate surface area is 92.4 Å². The summed E-state index contributed by atoms with van der Waals surface area (Å²) in [5, 5.41) is 3.43. The topological polar surface area (TPSA) is 25.2 Å². The van der Waals surface area contributed by atoms with E-state index in [2.05, 4.69) is 31.8 Å². The third-order valence-electron chi connectivity index (χ3n) is 2.41. The van der Waals surface area contributed by atoms with Gasteiger partial charge in [-0.15, -0.1) is 6.58 Å². The second kappa shape index (κ2) is 5.76. The van der Waals surface area contributed by atoms with E-state index < -0.39 is 0 Å². The molecule has 0 aliphatic rings. The Morgan fingerprint density at radius 1 is 1.53 bits per heavy atom. The lowest BCUT2D eigenvalue weighted by atomic mass is 10.1. The van der Waals surface area contributed by atoms with E-state index in [0.29, 0.717) is 6.04 Å². The summed E-state index contributed by atoms with van der Waals surface area (Å²) < 4.78 is 5.64. The van der Waals surface area contributed by atoms with Crippen LogP contribution in [-0.4, -0.2) is 6.54 Å². The molecule has 2 nitrogen and oxygen atoms in total. The zero-order chi connectivity index (χ0) is 11.3. The smallest absolute Gasteiger partial charge is 0.121 e. The Balaban J connectivity index is 2.60. The molecule has 0 aromatic carbocycles. The normalized spacial score (nSPS) is 12.7. The van der Waals surface area contributed by atoms with Crippen molar-refractivity contribution in [1.29, 1.82) is 0 Å². The van der Waals surface area contributed by atoms with Crippen molar-refractivity contribution in [3.05, 3.63) is 35.8 Å². The lowest BCUT2D eigenvalue weighted by molar-refractivity contribution is 0.390. The maximum Gasteiger partial charge on any atom is 0.121 e. The molecule has 0 aliphatic heterocycles. The Bertz CT molecular complexity index is 314. The molecule has 1 heterocycles. The number of allylic oxidation sites excluding steroid dienone is 1. The van der Waals surface area contributed by atoms with Crippen LogP contribution in [0.15, 0.2) is 28.7 Å². The number of nitrogens with one attached hydrogen (secondary N) is 1. The second-order valence-corrected chi connectivity index (χ2v) is 4.05. The molecule has 0 fully saturated rings. The van der Waals surface area contributed by atoms with Crippen LogP contribution < -0.4 is 5.32 Å². The van der Waals surface area contributed by atoms with Gasteiger partial charge >= 0.3 is 0 Å². The maximum atomic E-state index is 5.64. The van der Waals surface area contributed by atoms with Gasteiger partial charge in [-0.1, -0.05) is 12.5 Å². The van der Waals surface area contributed by atoms with Crippen LogP contribution in [0.2, 0.25) is 0 Å². The van der Waals surface area contributed by atoms with Crippen LogP contribution in [0.4, 0.5) is 0 Å². The van der Waals surface area contributed by atoms with Gasteiger partial charge in [-0.05, 0) is 45.4 Å². The average Bonchev–Trinajstić information content (AvgIpc) is 2.59. The van der Waals surface area contributed by atoms with Crippen molar-refractivity contribution in [3.8, 4) is 0 Å². The highest BCUT2D eigenvalue weighted by Crippen LogP contribution is 2.22. The summed E-state index contributed by atoms with van der Waals surface area (Å²) in [5.74, 6) is 2.01. The number of furan rings is 1. The molecule has 0 bridgehead atoms. The fourth-order valence-electron chi connectivity index (χ4n) is 1.62. The molecule has 15 heavy (non-hydrogen) atoms. The van der Waals surface area contributed by atoms with Crippen LogP contribution in [0.1, 0.15) is 44.3 Å². The fourth-order valence-corrected chi connectivity index (χ4v) is 1.62. The third kappa shape index (κ3) is 3.92. The van der Waals surface area contributed by atoms with E-state index in [1.54, 1.807) is 0 Å². The van der Waals surface area contributed by atoms with Gasteiger partial charge < -0.3 is 9.73 Å². The van der Waals surface area contributed by atoms with Gasteiger partial charge in [0.25, 0.3) is 0 Å². The van der Waals surface area contributed by atoms with Gasteiger partial charge in [-0.25, -0.2) is 0 Å². The minimum Gasteiger partial charge on any atom is -0.465 e.